The Morgan fingerprint density at radius 3 is 2.60 bits per heavy atom. The highest BCUT2D eigenvalue weighted by Crippen LogP contribution is 2.27. The predicted octanol–water partition coefficient (Wildman–Crippen LogP) is 3.68. The van der Waals surface area contributed by atoms with Gasteiger partial charge in [-0.15, -0.1) is 12.4 Å². The molecule has 0 radical (unpaired) electrons. The summed E-state index contributed by atoms with van der Waals surface area (Å²) in [6.45, 7) is 2.22. The molecule has 0 saturated carbocycles. The van der Waals surface area contributed by atoms with Crippen molar-refractivity contribution in [2.45, 2.75) is 19.3 Å². The van der Waals surface area contributed by atoms with E-state index in [9.17, 15) is 5.26 Å². The molecule has 0 amide bonds. The largest absolute Gasteiger partial charge is 0.317 e. The standard InChI is InChI=1S/C17H18N2.ClH/c18-12-15-6-5-14-3-1-2-4-16(14)17(15)11-13-7-9-19-10-8-13;/h1-6,13,19H,7-11H2;1H. The summed E-state index contributed by atoms with van der Waals surface area (Å²) >= 11 is 0. The van der Waals surface area contributed by atoms with E-state index in [-0.39, 0.29) is 12.4 Å². The monoisotopic (exact) mass is 286 g/mol. The topological polar surface area (TPSA) is 35.8 Å². The van der Waals surface area contributed by atoms with Crippen molar-refractivity contribution in [2.24, 2.45) is 5.92 Å². The first-order valence-electron chi connectivity index (χ1n) is 7.00. The average molecular weight is 287 g/mol. The maximum atomic E-state index is 9.35. The molecule has 20 heavy (non-hydrogen) atoms. The van der Waals surface area contributed by atoms with Crippen LogP contribution in [-0.4, -0.2) is 13.1 Å². The molecule has 0 bridgehead atoms. The first-order chi connectivity index (χ1) is 9.38. The lowest BCUT2D eigenvalue weighted by molar-refractivity contribution is 0.373. The van der Waals surface area contributed by atoms with Crippen LogP contribution in [0.25, 0.3) is 10.8 Å². The zero-order chi connectivity index (χ0) is 13.1. The fourth-order valence-corrected chi connectivity index (χ4v) is 3.04. The third-order valence-corrected chi connectivity index (χ3v) is 4.11. The molecule has 2 aromatic carbocycles. The number of halogens is 1. The van der Waals surface area contributed by atoms with E-state index in [4.69, 9.17) is 0 Å². The SMILES string of the molecule is Cl.N#Cc1ccc2ccccc2c1CC1CCNCC1. The van der Waals surface area contributed by atoms with Gasteiger partial charge in [0.1, 0.15) is 0 Å². The number of nitrogens with zero attached hydrogens (tertiary/aromatic N) is 1. The van der Waals surface area contributed by atoms with E-state index in [1.54, 1.807) is 0 Å². The molecule has 0 aromatic heterocycles. The van der Waals surface area contributed by atoms with Gasteiger partial charge in [-0.1, -0.05) is 30.3 Å². The van der Waals surface area contributed by atoms with Crippen LogP contribution < -0.4 is 5.32 Å². The lowest BCUT2D eigenvalue weighted by atomic mass is 9.87. The van der Waals surface area contributed by atoms with Gasteiger partial charge in [0.15, 0.2) is 0 Å². The molecule has 1 fully saturated rings. The zero-order valence-corrected chi connectivity index (χ0v) is 12.2. The molecule has 0 unspecified atom stereocenters. The molecule has 1 heterocycles. The molecule has 1 aliphatic heterocycles. The van der Waals surface area contributed by atoms with Crippen LogP contribution >= 0.6 is 12.4 Å². The first kappa shape index (κ1) is 14.8. The van der Waals surface area contributed by atoms with Crippen molar-refractivity contribution in [2.75, 3.05) is 13.1 Å². The number of hydrogen-bond donors (Lipinski definition) is 1. The summed E-state index contributed by atoms with van der Waals surface area (Å²) in [6.07, 6.45) is 3.47. The molecule has 1 N–H and O–H groups in total. The molecule has 2 aromatic rings. The van der Waals surface area contributed by atoms with Crippen molar-refractivity contribution in [1.29, 1.82) is 5.26 Å². The molecule has 0 atom stereocenters. The lowest BCUT2D eigenvalue weighted by Gasteiger charge is -2.23. The summed E-state index contributed by atoms with van der Waals surface area (Å²) in [7, 11) is 0. The molecule has 3 rings (SSSR count). The first-order valence-corrected chi connectivity index (χ1v) is 7.00. The van der Waals surface area contributed by atoms with Crippen LogP contribution in [0.3, 0.4) is 0 Å². The molecule has 0 spiro atoms. The second kappa shape index (κ2) is 6.74. The van der Waals surface area contributed by atoms with E-state index >= 15 is 0 Å². The summed E-state index contributed by atoms with van der Waals surface area (Å²) in [4.78, 5) is 0. The Kier molecular flexibility index (Phi) is 5.00. The Balaban J connectivity index is 0.00000147. The van der Waals surface area contributed by atoms with E-state index < -0.39 is 0 Å². The van der Waals surface area contributed by atoms with Crippen LogP contribution in [0, 0.1) is 17.2 Å². The summed E-state index contributed by atoms with van der Waals surface area (Å²) in [5.41, 5.74) is 2.09. The zero-order valence-electron chi connectivity index (χ0n) is 11.4. The highest BCUT2D eigenvalue weighted by atomic mass is 35.5. The van der Waals surface area contributed by atoms with Crippen molar-refractivity contribution in [3.05, 3.63) is 47.5 Å². The molecule has 1 saturated heterocycles. The van der Waals surface area contributed by atoms with E-state index in [0.29, 0.717) is 5.92 Å². The summed E-state index contributed by atoms with van der Waals surface area (Å²) < 4.78 is 0. The molecular weight excluding hydrogens is 268 g/mol. The third kappa shape index (κ3) is 2.95. The molecule has 1 aliphatic rings. The fraction of sp³-hybridized carbons (Fsp3) is 0.353. The van der Waals surface area contributed by atoms with Crippen LogP contribution in [0.4, 0.5) is 0 Å². The van der Waals surface area contributed by atoms with E-state index in [1.807, 2.05) is 6.07 Å². The van der Waals surface area contributed by atoms with Crippen LogP contribution in [0.15, 0.2) is 36.4 Å². The summed E-state index contributed by atoms with van der Waals surface area (Å²) in [5.74, 6) is 0.708. The highest BCUT2D eigenvalue weighted by molar-refractivity contribution is 5.87. The van der Waals surface area contributed by atoms with Crippen LogP contribution in [0.2, 0.25) is 0 Å². The highest BCUT2D eigenvalue weighted by Gasteiger charge is 2.17. The average Bonchev–Trinajstić information content (AvgIpc) is 2.49. The second-order valence-electron chi connectivity index (χ2n) is 5.32. The number of nitrogens with one attached hydrogen (secondary N) is 1. The third-order valence-electron chi connectivity index (χ3n) is 4.11. The molecule has 104 valence electrons. The number of fused-ring (bicyclic) bond motifs is 1. The minimum absolute atomic E-state index is 0. The fourth-order valence-electron chi connectivity index (χ4n) is 3.04. The van der Waals surface area contributed by atoms with Gasteiger partial charge in [-0.25, -0.2) is 0 Å². The smallest absolute Gasteiger partial charge is 0.0994 e. The van der Waals surface area contributed by atoms with Gasteiger partial charge in [-0.3, -0.25) is 0 Å². The van der Waals surface area contributed by atoms with Crippen molar-refractivity contribution < 1.29 is 0 Å². The minimum Gasteiger partial charge on any atom is -0.317 e. The Hall–Kier alpha value is -1.56. The normalized spacial score (nSPS) is 15.6. The molecule has 2 nitrogen and oxygen atoms in total. The van der Waals surface area contributed by atoms with Gasteiger partial charge in [-0.05, 0) is 60.7 Å². The minimum atomic E-state index is 0. The number of benzene rings is 2. The van der Waals surface area contributed by atoms with Gasteiger partial charge in [0.05, 0.1) is 11.6 Å². The predicted molar refractivity (Wildman–Crippen MR) is 85.2 cm³/mol. The molecule has 0 aliphatic carbocycles. The molecular formula is C17H19ClN2. The summed E-state index contributed by atoms with van der Waals surface area (Å²) in [5, 5.41) is 15.2. The molecule has 3 heteroatoms. The number of hydrogen-bond acceptors (Lipinski definition) is 2. The Bertz CT molecular complexity index is 624. The second-order valence-corrected chi connectivity index (χ2v) is 5.32. The van der Waals surface area contributed by atoms with Gasteiger partial charge in [0.2, 0.25) is 0 Å². The number of nitriles is 1. The maximum absolute atomic E-state index is 9.35. The van der Waals surface area contributed by atoms with Gasteiger partial charge < -0.3 is 5.32 Å². The lowest BCUT2D eigenvalue weighted by Crippen LogP contribution is -2.28. The van der Waals surface area contributed by atoms with E-state index in [0.717, 1.165) is 25.1 Å². The van der Waals surface area contributed by atoms with Gasteiger partial charge in [-0.2, -0.15) is 5.26 Å². The van der Waals surface area contributed by atoms with Gasteiger partial charge in [0, 0.05) is 0 Å². The number of rotatable bonds is 2. The maximum Gasteiger partial charge on any atom is 0.0994 e. The Morgan fingerprint density at radius 2 is 1.85 bits per heavy atom. The van der Waals surface area contributed by atoms with Crippen LogP contribution in [0.1, 0.15) is 24.0 Å². The quantitative estimate of drug-likeness (QED) is 0.914. The van der Waals surface area contributed by atoms with Crippen molar-refractivity contribution >= 4 is 23.2 Å². The van der Waals surface area contributed by atoms with Crippen molar-refractivity contribution in [1.82, 2.24) is 5.32 Å². The summed E-state index contributed by atoms with van der Waals surface area (Å²) in [6, 6.07) is 14.8. The van der Waals surface area contributed by atoms with Crippen LogP contribution in [-0.2, 0) is 6.42 Å². The Morgan fingerprint density at radius 1 is 1.10 bits per heavy atom. The number of piperidine rings is 1. The van der Waals surface area contributed by atoms with E-state index in [2.05, 4.69) is 41.7 Å². The van der Waals surface area contributed by atoms with E-state index in [1.165, 1.54) is 29.2 Å². The Labute approximate surface area is 126 Å². The van der Waals surface area contributed by atoms with Crippen LogP contribution in [0.5, 0.6) is 0 Å². The van der Waals surface area contributed by atoms with Gasteiger partial charge in [0.25, 0.3) is 0 Å². The van der Waals surface area contributed by atoms with Crippen molar-refractivity contribution in [3.8, 4) is 6.07 Å². The van der Waals surface area contributed by atoms with Gasteiger partial charge >= 0.3 is 0 Å². The van der Waals surface area contributed by atoms with Crippen molar-refractivity contribution in [3.63, 3.8) is 0 Å².